The third-order valence-corrected chi connectivity index (χ3v) is 4.86. The van der Waals surface area contributed by atoms with Gasteiger partial charge < -0.3 is 20.3 Å². The molecule has 7 heteroatoms. The lowest BCUT2D eigenvalue weighted by Gasteiger charge is -2.27. The van der Waals surface area contributed by atoms with E-state index in [1.54, 1.807) is 44.7 Å². The highest BCUT2D eigenvalue weighted by Crippen LogP contribution is 2.29. The summed E-state index contributed by atoms with van der Waals surface area (Å²) in [5.74, 6) is -0.182. The van der Waals surface area contributed by atoms with Crippen LogP contribution in [0, 0.1) is 0 Å². The molecule has 2 aliphatic rings. The average molecular weight is 402 g/mol. The fraction of sp³-hybridized carbons (Fsp3) is 0.591. The van der Waals surface area contributed by atoms with Crippen LogP contribution in [0.2, 0.25) is 0 Å². The lowest BCUT2D eigenvalue weighted by molar-refractivity contribution is -0.134. The fourth-order valence-electron chi connectivity index (χ4n) is 3.02. The molecule has 0 radical (unpaired) electrons. The highest BCUT2D eigenvalue weighted by atomic mass is 16.6. The molecule has 0 saturated heterocycles. The normalized spacial score (nSPS) is 17.2. The summed E-state index contributed by atoms with van der Waals surface area (Å²) < 4.78 is 5.24. The van der Waals surface area contributed by atoms with E-state index in [9.17, 15) is 14.4 Å². The Kier molecular flexibility index (Phi) is 6.15. The maximum Gasteiger partial charge on any atom is 0.408 e. The number of nitrogens with one attached hydrogen (secondary N) is 2. The summed E-state index contributed by atoms with van der Waals surface area (Å²) in [6, 6.07) is 7.21. The zero-order valence-corrected chi connectivity index (χ0v) is 17.7. The van der Waals surface area contributed by atoms with Crippen LogP contribution in [0.1, 0.15) is 69.3 Å². The molecule has 2 aliphatic carbocycles. The maximum atomic E-state index is 12.9. The number of ether oxygens (including phenoxy) is 1. The zero-order valence-electron chi connectivity index (χ0n) is 17.7. The first-order chi connectivity index (χ1) is 13.6. The number of nitrogens with zero attached hydrogens (tertiary/aromatic N) is 1. The Morgan fingerprint density at radius 2 is 1.72 bits per heavy atom. The minimum absolute atomic E-state index is 0.0515. The van der Waals surface area contributed by atoms with E-state index in [4.69, 9.17) is 4.74 Å². The van der Waals surface area contributed by atoms with Crippen molar-refractivity contribution < 1.29 is 19.1 Å². The lowest BCUT2D eigenvalue weighted by atomic mass is 10.1. The van der Waals surface area contributed by atoms with Crippen molar-refractivity contribution in [3.05, 3.63) is 35.4 Å². The largest absolute Gasteiger partial charge is 0.444 e. The number of hydrogen-bond acceptors (Lipinski definition) is 4. The van der Waals surface area contributed by atoms with Crippen molar-refractivity contribution in [2.75, 3.05) is 0 Å². The molecule has 0 bridgehead atoms. The van der Waals surface area contributed by atoms with Crippen LogP contribution in [0.15, 0.2) is 24.3 Å². The van der Waals surface area contributed by atoms with Crippen molar-refractivity contribution in [2.24, 2.45) is 0 Å². The van der Waals surface area contributed by atoms with Crippen LogP contribution >= 0.6 is 0 Å². The maximum absolute atomic E-state index is 12.9. The van der Waals surface area contributed by atoms with Crippen LogP contribution in [-0.4, -0.2) is 46.5 Å². The van der Waals surface area contributed by atoms with Crippen molar-refractivity contribution >= 4 is 17.9 Å². The second-order valence-electron chi connectivity index (χ2n) is 9.01. The Morgan fingerprint density at radius 3 is 2.24 bits per heavy atom. The first-order valence-corrected chi connectivity index (χ1v) is 10.3. The highest BCUT2D eigenvalue weighted by molar-refractivity contribution is 5.94. The van der Waals surface area contributed by atoms with E-state index >= 15 is 0 Å². The van der Waals surface area contributed by atoms with Gasteiger partial charge in [-0.2, -0.15) is 0 Å². The van der Waals surface area contributed by atoms with Gasteiger partial charge in [0.1, 0.15) is 11.6 Å². The van der Waals surface area contributed by atoms with Gasteiger partial charge in [0.25, 0.3) is 5.91 Å². The molecular formula is C22H31N3O4. The van der Waals surface area contributed by atoms with Gasteiger partial charge in [-0.15, -0.1) is 0 Å². The van der Waals surface area contributed by atoms with Gasteiger partial charge in [-0.1, -0.05) is 12.1 Å². The molecule has 1 unspecified atom stereocenters. The van der Waals surface area contributed by atoms with E-state index in [1.807, 2.05) is 12.1 Å². The number of alkyl carbamates (subject to hydrolysis) is 1. The molecule has 0 aromatic heterocycles. The monoisotopic (exact) mass is 401 g/mol. The Morgan fingerprint density at radius 1 is 1.10 bits per heavy atom. The predicted octanol–water partition coefficient (Wildman–Crippen LogP) is 2.98. The predicted molar refractivity (Wildman–Crippen MR) is 109 cm³/mol. The number of hydrogen-bond donors (Lipinski definition) is 2. The molecule has 7 nitrogen and oxygen atoms in total. The van der Waals surface area contributed by atoms with Gasteiger partial charge in [-0.25, -0.2) is 4.79 Å². The molecular weight excluding hydrogens is 370 g/mol. The summed E-state index contributed by atoms with van der Waals surface area (Å²) in [7, 11) is 0. The minimum Gasteiger partial charge on any atom is -0.444 e. The molecule has 0 aliphatic heterocycles. The summed E-state index contributed by atoms with van der Waals surface area (Å²) in [4.78, 5) is 38.8. The van der Waals surface area contributed by atoms with Gasteiger partial charge in [0.2, 0.25) is 5.91 Å². The number of carbonyl (C=O) groups excluding carboxylic acids is 3. The van der Waals surface area contributed by atoms with Crippen molar-refractivity contribution in [1.29, 1.82) is 0 Å². The standard InChI is InChI=1S/C22H31N3O4/c1-14(23-21(28)29-22(2,3)4)20(27)25(18-11-12-18)13-15-5-7-16(8-6-15)19(26)24-17-9-10-17/h5-8,14,17-18H,9-13H2,1-4H3,(H,23,28)(H,24,26). The van der Waals surface area contributed by atoms with Gasteiger partial charge in [0, 0.05) is 24.2 Å². The van der Waals surface area contributed by atoms with Crippen molar-refractivity contribution in [1.82, 2.24) is 15.5 Å². The third-order valence-electron chi connectivity index (χ3n) is 4.86. The Balaban J connectivity index is 1.58. The Hall–Kier alpha value is -2.57. The smallest absolute Gasteiger partial charge is 0.408 e. The van der Waals surface area contributed by atoms with E-state index < -0.39 is 17.7 Å². The van der Waals surface area contributed by atoms with Crippen molar-refractivity contribution in [3.8, 4) is 0 Å². The van der Waals surface area contributed by atoms with Crippen LogP contribution in [0.4, 0.5) is 4.79 Å². The summed E-state index contributed by atoms with van der Waals surface area (Å²) >= 11 is 0. The van der Waals surface area contributed by atoms with Crippen LogP contribution < -0.4 is 10.6 Å². The molecule has 2 fully saturated rings. The van der Waals surface area contributed by atoms with E-state index in [-0.39, 0.29) is 17.9 Å². The first kappa shape index (κ1) is 21.1. The van der Waals surface area contributed by atoms with Crippen molar-refractivity contribution in [2.45, 2.75) is 83.6 Å². The zero-order chi connectivity index (χ0) is 21.2. The molecule has 3 rings (SSSR count). The lowest BCUT2D eigenvalue weighted by Crippen LogP contribution is -2.48. The third kappa shape index (κ3) is 6.48. The molecule has 3 amide bonds. The summed E-state index contributed by atoms with van der Waals surface area (Å²) in [5.41, 5.74) is 0.971. The highest BCUT2D eigenvalue weighted by Gasteiger charge is 2.35. The molecule has 2 saturated carbocycles. The van der Waals surface area contributed by atoms with Gasteiger partial charge >= 0.3 is 6.09 Å². The van der Waals surface area contributed by atoms with E-state index in [2.05, 4.69) is 10.6 Å². The molecule has 0 heterocycles. The van der Waals surface area contributed by atoms with Crippen LogP contribution in [0.3, 0.4) is 0 Å². The first-order valence-electron chi connectivity index (χ1n) is 10.3. The molecule has 158 valence electrons. The SMILES string of the molecule is CC(NC(=O)OC(C)(C)C)C(=O)N(Cc1ccc(C(=O)NC2CC2)cc1)C1CC1. The van der Waals surface area contributed by atoms with E-state index in [0.717, 1.165) is 31.2 Å². The van der Waals surface area contributed by atoms with Gasteiger partial charge in [-0.05, 0) is 71.1 Å². The van der Waals surface area contributed by atoms with Crippen molar-refractivity contribution in [3.63, 3.8) is 0 Å². The summed E-state index contributed by atoms with van der Waals surface area (Å²) in [6.07, 6.45) is 3.44. The topological polar surface area (TPSA) is 87.7 Å². The molecule has 2 N–H and O–H groups in total. The van der Waals surface area contributed by atoms with E-state index in [1.165, 1.54) is 0 Å². The number of carbonyl (C=O) groups is 3. The number of amides is 3. The quantitative estimate of drug-likeness (QED) is 0.735. The van der Waals surface area contributed by atoms with E-state index in [0.29, 0.717) is 18.2 Å². The van der Waals surface area contributed by atoms with Gasteiger partial charge in [0.05, 0.1) is 0 Å². The second-order valence-corrected chi connectivity index (χ2v) is 9.01. The Labute approximate surface area is 172 Å². The molecule has 0 spiro atoms. The van der Waals surface area contributed by atoms with Gasteiger partial charge in [0.15, 0.2) is 0 Å². The second kappa shape index (κ2) is 8.43. The molecule has 29 heavy (non-hydrogen) atoms. The minimum atomic E-state index is -0.672. The van der Waals surface area contributed by atoms with Gasteiger partial charge in [-0.3, -0.25) is 9.59 Å². The molecule has 1 atom stereocenters. The molecule has 1 aromatic carbocycles. The summed E-state index contributed by atoms with van der Waals surface area (Å²) in [6.45, 7) is 7.47. The van der Waals surface area contributed by atoms with Crippen LogP contribution in [-0.2, 0) is 16.1 Å². The van der Waals surface area contributed by atoms with Crippen LogP contribution in [0.5, 0.6) is 0 Å². The molecule has 1 aromatic rings. The number of rotatable bonds is 7. The average Bonchev–Trinajstić information content (AvgIpc) is 3.52. The Bertz CT molecular complexity index is 761. The summed E-state index contributed by atoms with van der Waals surface area (Å²) in [5, 5.41) is 5.60. The fourth-order valence-corrected chi connectivity index (χ4v) is 3.02. The van der Waals surface area contributed by atoms with Crippen LogP contribution in [0.25, 0.3) is 0 Å². The number of benzene rings is 1.